The van der Waals surface area contributed by atoms with E-state index in [1.807, 2.05) is 24.3 Å². The van der Waals surface area contributed by atoms with E-state index in [0.29, 0.717) is 17.5 Å². The van der Waals surface area contributed by atoms with Gasteiger partial charge in [-0.25, -0.2) is 18.7 Å². The van der Waals surface area contributed by atoms with Crippen molar-refractivity contribution in [1.29, 1.82) is 0 Å². The van der Waals surface area contributed by atoms with Crippen LogP contribution in [0.15, 0.2) is 54.9 Å². The van der Waals surface area contributed by atoms with Gasteiger partial charge in [-0.1, -0.05) is 0 Å². The van der Waals surface area contributed by atoms with Gasteiger partial charge in [0.25, 0.3) is 5.91 Å². The number of benzene rings is 2. The van der Waals surface area contributed by atoms with Crippen LogP contribution in [0.25, 0.3) is 11.3 Å². The fourth-order valence-electron chi connectivity index (χ4n) is 2.35. The number of nitrogens with zero attached hydrogens (tertiary/aromatic N) is 2. The van der Waals surface area contributed by atoms with Crippen LogP contribution in [0.2, 0.25) is 0 Å². The number of amides is 1. The van der Waals surface area contributed by atoms with E-state index < -0.39 is 17.5 Å². The number of nitrogens with one attached hydrogen (secondary N) is 1. The van der Waals surface area contributed by atoms with Crippen molar-refractivity contribution in [1.82, 2.24) is 15.3 Å². The molecule has 0 fully saturated rings. The zero-order chi connectivity index (χ0) is 18.5. The summed E-state index contributed by atoms with van der Waals surface area (Å²) in [5.41, 5.74) is 1.88. The summed E-state index contributed by atoms with van der Waals surface area (Å²) in [6, 6.07) is 11.9. The molecule has 1 aromatic heterocycles. The van der Waals surface area contributed by atoms with Crippen LogP contribution in [0.4, 0.5) is 8.78 Å². The minimum Gasteiger partial charge on any atom is -0.497 e. The standard InChI is InChI=1S/C19H15F2N3O2/c1-26-15-5-2-12(3-6-15)18-9-14(23-11-24-18)10-22-19(25)16-7-4-13(20)8-17(16)21/h2-9,11H,10H2,1H3,(H,22,25). The molecule has 0 atom stereocenters. The maximum Gasteiger partial charge on any atom is 0.254 e. The van der Waals surface area contributed by atoms with Gasteiger partial charge in [-0.3, -0.25) is 4.79 Å². The number of rotatable bonds is 5. The Morgan fingerprint density at radius 2 is 1.85 bits per heavy atom. The Hall–Kier alpha value is -3.35. The Balaban J connectivity index is 1.71. The summed E-state index contributed by atoms with van der Waals surface area (Å²) in [4.78, 5) is 20.3. The van der Waals surface area contributed by atoms with Crippen LogP contribution < -0.4 is 10.1 Å². The first-order valence-electron chi connectivity index (χ1n) is 7.75. The summed E-state index contributed by atoms with van der Waals surface area (Å²) in [7, 11) is 1.59. The molecule has 3 aromatic rings. The minimum absolute atomic E-state index is 0.0846. The van der Waals surface area contributed by atoms with Gasteiger partial charge in [0.05, 0.1) is 30.6 Å². The van der Waals surface area contributed by atoms with Gasteiger partial charge >= 0.3 is 0 Å². The number of ether oxygens (including phenoxy) is 1. The van der Waals surface area contributed by atoms with E-state index in [2.05, 4.69) is 15.3 Å². The van der Waals surface area contributed by atoms with Crippen LogP contribution in [-0.4, -0.2) is 23.0 Å². The van der Waals surface area contributed by atoms with Crippen LogP contribution in [-0.2, 0) is 6.54 Å². The summed E-state index contributed by atoms with van der Waals surface area (Å²) >= 11 is 0. The summed E-state index contributed by atoms with van der Waals surface area (Å²) in [6.45, 7) is 0.0846. The summed E-state index contributed by atoms with van der Waals surface area (Å²) in [5, 5.41) is 2.56. The molecule has 0 bridgehead atoms. The fraction of sp³-hybridized carbons (Fsp3) is 0.105. The van der Waals surface area contributed by atoms with E-state index in [1.54, 1.807) is 13.2 Å². The maximum atomic E-state index is 13.6. The molecule has 0 aliphatic rings. The zero-order valence-corrected chi connectivity index (χ0v) is 13.9. The lowest BCUT2D eigenvalue weighted by molar-refractivity contribution is 0.0946. The fourth-order valence-corrected chi connectivity index (χ4v) is 2.35. The predicted octanol–water partition coefficient (Wildman–Crippen LogP) is 3.36. The molecule has 0 aliphatic heterocycles. The Kier molecular flexibility index (Phi) is 5.17. The van der Waals surface area contributed by atoms with Crippen molar-refractivity contribution in [2.45, 2.75) is 6.54 Å². The summed E-state index contributed by atoms with van der Waals surface area (Å²) < 4.78 is 31.7. The van der Waals surface area contributed by atoms with E-state index in [1.165, 1.54) is 6.33 Å². The lowest BCUT2D eigenvalue weighted by Crippen LogP contribution is -2.24. The first-order chi connectivity index (χ1) is 12.6. The van der Waals surface area contributed by atoms with Crippen molar-refractivity contribution in [3.63, 3.8) is 0 Å². The van der Waals surface area contributed by atoms with Gasteiger partial charge in [-0.2, -0.15) is 0 Å². The maximum absolute atomic E-state index is 13.6. The lowest BCUT2D eigenvalue weighted by Gasteiger charge is -2.07. The third kappa shape index (κ3) is 4.00. The molecular formula is C19H15F2N3O2. The molecule has 2 aromatic carbocycles. The second-order valence-corrected chi connectivity index (χ2v) is 5.43. The van der Waals surface area contributed by atoms with Crippen molar-refractivity contribution in [3.8, 4) is 17.0 Å². The van der Waals surface area contributed by atoms with Gasteiger partial charge in [0.1, 0.15) is 23.7 Å². The van der Waals surface area contributed by atoms with Gasteiger partial charge in [0, 0.05) is 11.6 Å². The van der Waals surface area contributed by atoms with Crippen LogP contribution in [0.5, 0.6) is 5.75 Å². The molecule has 0 aliphatic carbocycles. The van der Waals surface area contributed by atoms with E-state index in [4.69, 9.17) is 4.74 Å². The molecule has 0 saturated heterocycles. The molecule has 5 nitrogen and oxygen atoms in total. The average Bonchev–Trinajstić information content (AvgIpc) is 2.66. The average molecular weight is 355 g/mol. The van der Waals surface area contributed by atoms with Crippen molar-refractivity contribution in [2.75, 3.05) is 7.11 Å². The molecule has 0 saturated carbocycles. The number of hydrogen-bond acceptors (Lipinski definition) is 4. The van der Waals surface area contributed by atoms with E-state index in [9.17, 15) is 13.6 Å². The molecule has 132 valence electrons. The van der Waals surface area contributed by atoms with Crippen LogP contribution in [0.3, 0.4) is 0 Å². The lowest BCUT2D eigenvalue weighted by atomic mass is 10.1. The quantitative estimate of drug-likeness (QED) is 0.762. The molecule has 0 unspecified atom stereocenters. The Morgan fingerprint density at radius 3 is 2.54 bits per heavy atom. The first-order valence-corrected chi connectivity index (χ1v) is 7.75. The van der Waals surface area contributed by atoms with Crippen LogP contribution in [0.1, 0.15) is 16.1 Å². The molecule has 3 rings (SSSR count). The molecule has 1 heterocycles. The molecular weight excluding hydrogens is 340 g/mol. The van der Waals surface area contributed by atoms with Gasteiger partial charge in [0.15, 0.2) is 0 Å². The first kappa shape index (κ1) is 17.5. The number of carbonyl (C=O) groups is 1. The second-order valence-electron chi connectivity index (χ2n) is 5.43. The van der Waals surface area contributed by atoms with Gasteiger partial charge in [-0.05, 0) is 42.5 Å². The summed E-state index contributed by atoms with van der Waals surface area (Å²) in [5.74, 6) is -1.56. The van der Waals surface area contributed by atoms with Crippen molar-refractivity contribution in [3.05, 3.63) is 77.8 Å². The summed E-state index contributed by atoms with van der Waals surface area (Å²) in [6.07, 6.45) is 1.39. The van der Waals surface area contributed by atoms with E-state index >= 15 is 0 Å². The largest absolute Gasteiger partial charge is 0.497 e. The van der Waals surface area contributed by atoms with Crippen molar-refractivity contribution in [2.24, 2.45) is 0 Å². The highest BCUT2D eigenvalue weighted by atomic mass is 19.1. The van der Waals surface area contributed by atoms with E-state index in [-0.39, 0.29) is 12.1 Å². The smallest absolute Gasteiger partial charge is 0.254 e. The number of methoxy groups -OCH3 is 1. The SMILES string of the molecule is COc1ccc(-c2cc(CNC(=O)c3ccc(F)cc3F)ncn2)cc1. The highest BCUT2D eigenvalue weighted by Gasteiger charge is 2.12. The zero-order valence-electron chi connectivity index (χ0n) is 13.9. The molecule has 1 amide bonds. The third-order valence-corrected chi connectivity index (χ3v) is 3.72. The van der Waals surface area contributed by atoms with Gasteiger partial charge in [0.2, 0.25) is 0 Å². The number of aromatic nitrogens is 2. The molecule has 0 radical (unpaired) electrons. The Bertz CT molecular complexity index is 930. The van der Waals surface area contributed by atoms with E-state index in [0.717, 1.165) is 23.4 Å². The molecule has 26 heavy (non-hydrogen) atoms. The number of hydrogen-bond donors (Lipinski definition) is 1. The molecule has 7 heteroatoms. The highest BCUT2D eigenvalue weighted by molar-refractivity contribution is 5.94. The Labute approximate surface area is 148 Å². The highest BCUT2D eigenvalue weighted by Crippen LogP contribution is 2.20. The number of carbonyl (C=O) groups excluding carboxylic acids is 1. The van der Waals surface area contributed by atoms with Gasteiger partial charge < -0.3 is 10.1 Å². The second kappa shape index (κ2) is 7.69. The molecule has 0 spiro atoms. The predicted molar refractivity (Wildman–Crippen MR) is 91.5 cm³/mol. The topological polar surface area (TPSA) is 64.1 Å². The third-order valence-electron chi connectivity index (χ3n) is 3.72. The minimum atomic E-state index is -0.913. The van der Waals surface area contributed by atoms with Crippen LogP contribution in [0, 0.1) is 11.6 Å². The van der Waals surface area contributed by atoms with Crippen LogP contribution >= 0.6 is 0 Å². The van der Waals surface area contributed by atoms with Gasteiger partial charge in [-0.15, -0.1) is 0 Å². The Morgan fingerprint density at radius 1 is 1.08 bits per heavy atom. The van der Waals surface area contributed by atoms with Crippen molar-refractivity contribution < 1.29 is 18.3 Å². The molecule has 1 N–H and O–H groups in total. The monoisotopic (exact) mass is 355 g/mol. The normalized spacial score (nSPS) is 10.4. The van der Waals surface area contributed by atoms with Crippen molar-refractivity contribution >= 4 is 5.91 Å². The number of halogens is 2.